The summed E-state index contributed by atoms with van der Waals surface area (Å²) in [5.74, 6) is -0.329. The number of amides is 3. The van der Waals surface area contributed by atoms with Gasteiger partial charge in [0.2, 0.25) is 17.7 Å². The van der Waals surface area contributed by atoms with Gasteiger partial charge in [0, 0.05) is 56.8 Å². The van der Waals surface area contributed by atoms with Gasteiger partial charge < -0.3 is 14.7 Å². The fraction of sp³-hybridized carbons (Fsp3) is 0.471. The Kier molecular flexibility index (Phi) is 4.76. The van der Waals surface area contributed by atoms with Crippen molar-refractivity contribution in [3.8, 4) is 0 Å². The summed E-state index contributed by atoms with van der Waals surface area (Å²) in [6.07, 6.45) is 0.231. The number of nitrogens with zero attached hydrogens (tertiary/aromatic N) is 3. The molecule has 3 rings (SSSR count). The Morgan fingerprint density at radius 1 is 1.04 bits per heavy atom. The third kappa shape index (κ3) is 3.38. The van der Waals surface area contributed by atoms with Gasteiger partial charge in [0.15, 0.2) is 0 Å². The van der Waals surface area contributed by atoms with Gasteiger partial charge in [-0.05, 0) is 24.3 Å². The normalized spacial score (nSPS) is 21.3. The number of halogens is 1. The molecule has 0 N–H and O–H groups in total. The molecule has 1 aromatic carbocycles. The van der Waals surface area contributed by atoms with Crippen LogP contribution in [-0.2, 0) is 14.4 Å². The second-order valence-electron chi connectivity index (χ2n) is 6.21. The summed E-state index contributed by atoms with van der Waals surface area (Å²) in [7, 11) is 0. The highest BCUT2D eigenvalue weighted by atomic mass is 35.5. The number of carbonyl (C=O) groups excluding carboxylic acids is 3. The molecule has 1 aromatic rings. The Morgan fingerprint density at radius 2 is 1.62 bits per heavy atom. The molecule has 2 heterocycles. The van der Waals surface area contributed by atoms with Crippen LogP contribution in [0, 0.1) is 5.92 Å². The molecular weight excluding hydrogens is 330 g/mol. The van der Waals surface area contributed by atoms with E-state index in [2.05, 4.69) is 0 Å². The zero-order valence-corrected chi connectivity index (χ0v) is 14.3. The van der Waals surface area contributed by atoms with Crippen LogP contribution in [0.15, 0.2) is 24.3 Å². The highest BCUT2D eigenvalue weighted by molar-refractivity contribution is 6.30. The first-order valence-electron chi connectivity index (χ1n) is 8.06. The summed E-state index contributed by atoms with van der Waals surface area (Å²) >= 11 is 5.88. The molecule has 2 aliphatic heterocycles. The van der Waals surface area contributed by atoms with Crippen molar-refractivity contribution >= 4 is 35.0 Å². The molecule has 7 heteroatoms. The van der Waals surface area contributed by atoms with E-state index < -0.39 is 0 Å². The Bertz CT molecular complexity index is 654. The van der Waals surface area contributed by atoms with Gasteiger partial charge in [-0.15, -0.1) is 0 Å². The first kappa shape index (κ1) is 16.8. The number of rotatable bonds is 2. The van der Waals surface area contributed by atoms with Crippen molar-refractivity contribution in [2.45, 2.75) is 13.3 Å². The van der Waals surface area contributed by atoms with Gasteiger partial charge in [-0.1, -0.05) is 11.6 Å². The van der Waals surface area contributed by atoms with Crippen LogP contribution < -0.4 is 4.90 Å². The van der Waals surface area contributed by atoms with E-state index in [1.165, 1.54) is 6.92 Å². The van der Waals surface area contributed by atoms with Crippen LogP contribution in [0.4, 0.5) is 5.69 Å². The molecule has 0 unspecified atom stereocenters. The highest BCUT2D eigenvalue weighted by Gasteiger charge is 2.38. The molecule has 1 atom stereocenters. The van der Waals surface area contributed by atoms with Crippen molar-refractivity contribution in [2.24, 2.45) is 5.92 Å². The second kappa shape index (κ2) is 6.81. The average Bonchev–Trinajstić information content (AvgIpc) is 2.97. The molecule has 24 heavy (non-hydrogen) atoms. The molecule has 0 aromatic heterocycles. The Balaban J connectivity index is 1.62. The van der Waals surface area contributed by atoms with Gasteiger partial charge in [-0.25, -0.2) is 0 Å². The minimum Gasteiger partial charge on any atom is -0.339 e. The summed E-state index contributed by atoms with van der Waals surface area (Å²) in [4.78, 5) is 41.5. The Morgan fingerprint density at radius 3 is 2.21 bits per heavy atom. The monoisotopic (exact) mass is 349 g/mol. The van der Waals surface area contributed by atoms with Crippen LogP contribution >= 0.6 is 11.6 Å². The number of hydrogen-bond acceptors (Lipinski definition) is 3. The first-order valence-corrected chi connectivity index (χ1v) is 8.43. The van der Waals surface area contributed by atoms with E-state index in [0.717, 1.165) is 5.69 Å². The zero-order chi connectivity index (χ0) is 17.3. The van der Waals surface area contributed by atoms with Crippen molar-refractivity contribution in [1.82, 2.24) is 9.80 Å². The molecule has 0 radical (unpaired) electrons. The van der Waals surface area contributed by atoms with Gasteiger partial charge in [-0.2, -0.15) is 0 Å². The molecule has 6 nitrogen and oxygen atoms in total. The van der Waals surface area contributed by atoms with Crippen molar-refractivity contribution < 1.29 is 14.4 Å². The summed E-state index contributed by atoms with van der Waals surface area (Å²) in [5.41, 5.74) is 0.765. The van der Waals surface area contributed by atoms with Crippen LogP contribution in [0.3, 0.4) is 0 Å². The van der Waals surface area contributed by atoms with Crippen molar-refractivity contribution in [3.63, 3.8) is 0 Å². The van der Waals surface area contributed by atoms with Crippen molar-refractivity contribution in [3.05, 3.63) is 29.3 Å². The van der Waals surface area contributed by atoms with Crippen LogP contribution in [-0.4, -0.2) is 60.2 Å². The summed E-state index contributed by atoms with van der Waals surface area (Å²) in [6.45, 7) is 4.11. The van der Waals surface area contributed by atoms with Crippen molar-refractivity contribution in [2.75, 3.05) is 37.6 Å². The van der Waals surface area contributed by atoms with E-state index in [1.807, 2.05) is 0 Å². The second-order valence-corrected chi connectivity index (χ2v) is 6.65. The van der Waals surface area contributed by atoms with Gasteiger partial charge in [0.25, 0.3) is 0 Å². The number of piperazine rings is 1. The third-order valence-electron chi connectivity index (χ3n) is 4.65. The molecule has 2 aliphatic rings. The van der Waals surface area contributed by atoms with Crippen LogP contribution in [0.25, 0.3) is 0 Å². The average molecular weight is 350 g/mol. The smallest absolute Gasteiger partial charge is 0.228 e. The van der Waals surface area contributed by atoms with E-state index in [9.17, 15) is 14.4 Å². The largest absolute Gasteiger partial charge is 0.339 e. The summed E-state index contributed by atoms with van der Waals surface area (Å²) in [6, 6.07) is 7.05. The molecule has 2 fully saturated rings. The SMILES string of the molecule is CC(=O)N1CCN(C(=O)[C@H]2CC(=O)N(c3ccc(Cl)cc3)C2)CC1. The van der Waals surface area contributed by atoms with Crippen LogP contribution in [0.2, 0.25) is 5.02 Å². The van der Waals surface area contributed by atoms with Gasteiger partial charge in [0.05, 0.1) is 5.92 Å². The molecule has 0 saturated carbocycles. The molecule has 0 spiro atoms. The fourth-order valence-corrected chi connectivity index (χ4v) is 3.37. The number of hydrogen-bond donors (Lipinski definition) is 0. The van der Waals surface area contributed by atoms with E-state index in [-0.39, 0.29) is 30.1 Å². The summed E-state index contributed by atoms with van der Waals surface area (Å²) < 4.78 is 0. The number of benzene rings is 1. The van der Waals surface area contributed by atoms with E-state index in [1.54, 1.807) is 39.0 Å². The lowest BCUT2D eigenvalue weighted by molar-refractivity contribution is -0.141. The maximum atomic E-state index is 12.7. The van der Waals surface area contributed by atoms with Crippen LogP contribution in [0.5, 0.6) is 0 Å². The van der Waals surface area contributed by atoms with E-state index >= 15 is 0 Å². The summed E-state index contributed by atoms with van der Waals surface area (Å²) in [5, 5.41) is 0.612. The van der Waals surface area contributed by atoms with E-state index in [4.69, 9.17) is 11.6 Å². The van der Waals surface area contributed by atoms with E-state index in [0.29, 0.717) is 37.7 Å². The lowest BCUT2D eigenvalue weighted by Gasteiger charge is -2.35. The maximum absolute atomic E-state index is 12.7. The lowest BCUT2D eigenvalue weighted by atomic mass is 10.1. The highest BCUT2D eigenvalue weighted by Crippen LogP contribution is 2.27. The third-order valence-corrected chi connectivity index (χ3v) is 4.90. The van der Waals surface area contributed by atoms with Crippen molar-refractivity contribution in [1.29, 1.82) is 0 Å². The molecule has 0 bridgehead atoms. The number of carbonyl (C=O) groups is 3. The van der Waals surface area contributed by atoms with Crippen LogP contribution in [0.1, 0.15) is 13.3 Å². The Hall–Kier alpha value is -2.08. The fourth-order valence-electron chi connectivity index (χ4n) is 3.24. The predicted molar refractivity (Wildman–Crippen MR) is 90.7 cm³/mol. The zero-order valence-electron chi connectivity index (χ0n) is 13.6. The maximum Gasteiger partial charge on any atom is 0.228 e. The number of anilines is 1. The molecule has 2 saturated heterocycles. The van der Waals surface area contributed by atoms with Gasteiger partial charge in [0.1, 0.15) is 0 Å². The predicted octanol–water partition coefficient (Wildman–Crippen LogP) is 1.38. The van der Waals surface area contributed by atoms with Gasteiger partial charge in [-0.3, -0.25) is 14.4 Å². The molecule has 0 aliphatic carbocycles. The minimum absolute atomic E-state index is 0.00279. The lowest BCUT2D eigenvalue weighted by Crippen LogP contribution is -2.51. The van der Waals surface area contributed by atoms with Gasteiger partial charge >= 0.3 is 0 Å². The molecule has 3 amide bonds. The quantitative estimate of drug-likeness (QED) is 0.810. The Labute approximate surface area is 146 Å². The standard InChI is InChI=1S/C17H20ClN3O3/c1-12(22)19-6-8-20(9-7-19)17(24)13-10-16(23)21(11-13)15-4-2-14(18)3-5-15/h2-5,13H,6-11H2,1H3/t13-/m0/s1. The molecular formula is C17H20ClN3O3. The minimum atomic E-state index is -0.322. The molecule has 128 valence electrons. The first-order chi connectivity index (χ1) is 11.5. The topological polar surface area (TPSA) is 60.9 Å².